The van der Waals surface area contributed by atoms with E-state index in [1.807, 2.05) is 87.5 Å². The molecule has 0 aliphatic carbocycles. The van der Waals surface area contributed by atoms with Crippen LogP contribution in [0.2, 0.25) is 0 Å². The number of hydrogen-bond acceptors (Lipinski definition) is 10. The van der Waals surface area contributed by atoms with E-state index < -0.39 is 11.0 Å². The molecule has 1 atom stereocenters. The predicted octanol–water partition coefficient (Wildman–Crippen LogP) is 8.85. The number of rotatable bonds is 17. The first-order valence-corrected chi connectivity index (χ1v) is 20.7. The molecule has 0 saturated carbocycles. The Labute approximate surface area is 348 Å². The lowest BCUT2D eigenvalue weighted by Crippen LogP contribution is -2.42. The number of nitrogens with zero attached hydrogens (tertiary/aromatic N) is 6. The van der Waals surface area contributed by atoms with Crippen molar-refractivity contribution in [2.75, 3.05) is 38.8 Å². The van der Waals surface area contributed by atoms with Crippen molar-refractivity contribution in [3.8, 4) is 23.3 Å². The van der Waals surface area contributed by atoms with Gasteiger partial charge in [-0.25, -0.2) is 9.50 Å². The number of imidazole rings is 1. The lowest BCUT2D eigenvalue weighted by molar-refractivity contribution is -0.0311. The van der Waals surface area contributed by atoms with Crippen LogP contribution in [0.3, 0.4) is 0 Å². The zero-order valence-electron chi connectivity index (χ0n) is 35.3. The van der Waals surface area contributed by atoms with Crippen LogP contribution in [0.25, 0.3) is 5.65 Å². The summed E-state index contributed by atoms with van der Waals surface area (Å²) in [6.45, 7) is 12.5. The second-order valence-corrected chi connectivity index (χ2v) is 16.4. The number of hydrogen-bond donors (Lipinski definition) is 1. The first kappa shape index (κ1) is 41.5. The molecule has 11 nitrogen and oxygen atoms in total. The Morgan fingerprint density at radius 1 is 0.763 bits per heavy atom. The number of unbranched alkanes of at least 4 members (excludes halogenated alkanes) is 1. The van der Waals surface area contributed by atoms with Crippen LogP contribution in [-0.4, -0.2) is 69.6 Å². The predicted molar refractivity (Wildman–Crippen MR) is 231 cm³/mol. The lowest BCUT2D eigenvalue weighted by atomic mass is 9.70. The summed E-state index contributed by atoms with van der Waals surface area (Å²) in [7, 11) is 3.33. The molecule has 4 aromatic carbocycles. The maximum Gasteiger partial charge on any atom is 0.336 e. The van der Waals surface area contributed by atoms with Crippen LogP contribution in [-0.2, 0) is 25.2 Å². The largest absolute Gasteiger partial charge is 0.497 e. The molecular formula is C48H58N6O5. The van der Waals surface area contributed by atoms with Crippen LogP contribution in [0.1, 0.15) is 81.3 Å². The molecular weight excluding hydrogens is 741 g/mol. The van der Waals surface area contributed by atoms with E-state index in [9.17, 15) is 5.11 Å². The number of methoxy groups -OCH3 is 2. The second-order valence-electron chi connectivity index (χ2n) is 16.4. The van der Waals surface area contributed by atoms with Gasteiger partial charge in [0.25, 0.3) is 0 Å². The minimum Gasteiger partial charge on any atom is -0.497 e. The van der Waals surface area contributed by atoms with Gasteiger partial charge in [-0.3, -0.25) is 4.90 Å². The molecule has 0 amide bonds. The molecule has 6 aromatic rings. The molecule has 0 spiro atoms. The van der Waals surface area contributed by atoms with Crippen molar-refractivity contribution in [1.82, 2.24) is 24.5 Å². The molecule has 1 aliphatic rings. The summed E-state index contributed by atoms with van der Waals surface area (Å²) in [4.78, 5) is 14.6. The van der Waals surface area contributed by atoms with Crippen molar-refractivity contribution in [3.63, 3.8) is 0 Å². The van der Waals surface area contributed by atoms with Crippen molar-refractivity contribution in [2.45, 2.75) is 84.7 Å². The monoisotopic (exact) mass is 798 g/mol. The van der Waals surface area contributed by atoms with Gasteiger partial charge >= 0.3 is 6.01 Å². The zero-order chi connectivity index (χ0) is 41.4. The molecule has 1 unspecified atom stereocenters. The maximum atomic E-state index is 13.1. The lowest BCUT2D eigenvalue weighted by Gasteiger charge is -2.40. The third-order valence-corrected chi connectivity index (χ3v) is 11.2. The number of likely N-dealkylation sites (tertiary alicyclic amines) is 1. The van der Waals surface area contributed by atoms with E-state index in [0.717, 1.165) is 79.3 Å². The van der Waals surface area contributed by atoms with E-state index >= 15 is 0 Å². The Kier molecular flexibility index (Phi) is 13.0. The Balaban J connectivity index is 1.21. The van der Waals surface area contributed by atoms with E-state index in [1.165, 1.54) is 5.56 Å². The molecule has 11 heteroatoms. The minimum absolute atomic E-state index is 0.221. The number of ether oxygens (including phenoxy) is 4. The molecule has 310 valence electrons. The smallest absolute Gasteiger partial charge is 0.336 e. The summed E-state index contributed by atoms with van der Waals surface area (Å²) in [5.74, 6) is 3.09. The summed E-state index contributed by atoms with van der Waals surface area (Å²) < 4.78 is 25.1. The topological polar surface area (TPSA) is 107 Å². The SMILES string of the molecule is CCCCOc1nc(N(Cc2ccc(OC)cc2)Cc2ccc(OC)cc2)c2ncc(C(O)(c3ccc(CN4CCC(Oc5ccccc5)CC4)cc3)C(C)(C)C)n2n1. The van der Waals surface area contributed by atoms with Crippen LogP contribution < -0.4 is 23.8 Å². The molecule has 0 radical (unpaired) electrons. The van der Waals surface area contributed by atoms with E-state index in [-0.39, 0.29) is 12.1 Å². The Bertz CT molecular complexity index is 2180. The Morgan fingerprint density at radius 3 is 1.92 bits per heavy atom. The van der Waals surface area contributed by atoms with Crippen LogP contribution in [0.5, 0.6) is 23.3 Å². The van der Waals surface area contributed by atoms with Gasteiger partial charge in [0.2, 0.25) is 0 Å². The highest BCUT2D eigenvalue weighted by Gasteiger charge is 2.46. The van der Waals surface area contributed by atoms with Gasteiger partial charge in [-0.15, -0.1) is 5.10 Å². The summed E-state index contributed by atoms with van der Waals surface area (Å²) in [5.41, 5.74) is 2.98. The molecule has 7 rings (SSSR count). The molecule has 1 aliphatic heterocycles. The fourth-order valence-corrected chi connectivity index (χ4v) is 7.74. The normalized spacial score (nSPS) is 14.8. The van der Waals surface area contributed by atoms with Gasteiger partial charge in [0.05, 0.1) is 32.7 Å². The average molecular weight is 799 g/mol. The van der Waals surface area contributed by atoms with E-state index in [2.05, 4.69) is 53.1 Å². The van der Waals surface area contributed by atoms with Crippen molar-refractivity contribution in [2.24, 2.45) is 5.41 Å². The standard InChI is InChI=1S/C48H58N6O5/c1-7-8-30-58-46-50-45(53(33-36-16-22-39(56-5)23-17-36)34-37-18-24-40(57-6)25-19-37)44-49-31-43(54(44)51-46)48(55,47(2,3)4)38-20-14-35(15-21-38)32-52-28-26-42(27-29-52)59-41-12-10-9-11-13-41/h9-25,31,42,55H,7-8,26-30,32-34H2,1-6H3. The zero-order valence-corrected chi connectivity index (χ0v) is 35.3. The summed E-state index contributed by atoms with van der Waals surface area (Å²) in [5, 5.41) is 18.0. The van der Waals surface area contributed by atoms with Crippen LogP contribution in [0.15, 0.2) is 109 Å². The number of anilines is 1. The van der Waals surface area contributed by atoms with Gasteiger partial charge < -0.3 is 29.0 Å². The van der Waals surface area contributed by atoms with Crippen molar-refractivity contribution >= 4 is 11.5 Å². The molecule has 1 fully saturated rings. The maximum absolute atomic E-state index is 13.1. The number of aliphatic hydroxyl groups is 1. The Morgan fingerprint density at radius 2 is 1.36 bits per heavy atom. The van der Waals surface area contributed by atoms with Gasteiger partial charge in [-0.05, 0) is 77.9 Å². The van der Waals surface area contributed by atoms with Crippen molar-refractivity contribution in [1.29, 1.82) is 0 Å². The first-order valence-electron chi connectivity index (χ1n) is 20.7. The summed E-state index contributed by atoms with van der Waals surface area (Å²) >= 11 is 0. The fourth-order valence-electron chi connectivity index (χ4n) is 7.74. The number of piperidine rings is 1. The molecule has 3 heterocycles. The molecule has 59 heavy (non-hydrogen) atoms. The molecule has 0 bridgehead atoms. The third-order valence-electron chi connectivity index (χ3n) is 11.2. The quantitative estimate of drug-likeness (QED) is 0.0900. The number of benzene rings is 4. The third kappa shape index (κ3) is 9.64. The fraction of sp³-hybridized carbons (Fsp3) is 0.396. The van der Waals surface area contributed by atoms with Crippen molar-refractivity contribution < 1.29 is 24.1 Å². The number of aromatic nitrogens is 4. The highest BCUT2D eigenvalue weighted by Crippen LogP contribution is 2.45. The highest BCUT2D eigenvalue weighted by atomic mass is 16.5. The van der Waals surface area contributed by atoms with Gasteiger partial charge in [-0.1, -0.05) is 101 Å². The number of fused-ring (bicyclic) bond motifs is 1. The first-order chi connectivity index (χ1) is 28.6. The minimum atomic E-state index is -1.48. The van der Waals surface area contributed by atoms with Gasteiger partial charge in [0.15, 0.2) is 11.5 Å². The number of para-hydroxylation sites is 1. The van der Waals surface area contributed by atoms with Crippen molar-refractivity contribution in [3.05, 3.63) is 137 Å². The summed E-state index contributed by atoms with van der Waals surface area (Å²) in [6.07, 6.45) is 5.75. The van der Waals surface area contributed by atoms with E-state index in [4.69, 9.17) is 34.0 Å². The van der Waals surface area contributed by atoms with Gasteiger partial charge in [-0.2, -0.15) is 4.98 Å². The van der Waals surface area contributed by atoms with Crippen LogP contribution in [0.4, 0.5) is 5.82 Å². The Hall–Kier alpha value is -5.65. The van der Waals surface area contributed by atoms with E-state index in [0.29, 0.717) is 36.9 Å². The van der Waals surface area contributed by atoms with Gasteiger partial charge in [0.1, 0.15) is 29.0 Å². The average Bonchev–Trinajstić information content (AvgIpc) is 3.69. The van der Waals surface area contributed by atoms with Crippen LogP contribution >= 0.6 is 0 Å². The highest BCUT2D eigenvalue weighted by molar-refractivity contribution is 5.66. The summed E-state index contributed by atoms with van der Waals surface area (Å²) in [6, 6.07) is 34.7. The van der Waals surface area contributed by atoms with E-state index in [1.54, 1.807) is 24.9 Å². The molecule has 1 saturated heterocycles. The molecule has 2 aromatic heterocycles. The van der Waals surface area contributed by atoms with Gasteiger partial charge in [0, 0.05) is 38.1 Å². The second kappa shape index (κ2) is 18.5. The van der Waals surface area contributed by atoms with Crippen LogP contribution in [0, 0.1) is 5.41 Å². The molecule has 1 N–H and O–H groups in total.